The van der Waals surface area contributed by atoms with Crippen LogP contribution in [0.25, 0.3) is 21.5 Å². The Morgan fingerprint density at radius 3 is 1.37 bits per heavy atom. The molecule has 8 rings (SSSR count). The summed E-state index contributed by atoms with van der Waals surface area (Å²) in [5.41, 5.74) is 9.42. The fraction of sp³-hybridized carbons (Fsp3) is 0.102. The van der Waals surface area contributed by atoms with Gasteiger partial charge in [0.05, 0.1) is 34.1 Å². The standard InChI is InChI=1S/C49H41N9O7S2.2O3S/c1-28-9-12-35(13-10-28)50-36-14-17-39-34(25-36)11-18-43(49(39)59)55-57-45-24-31(4)44(23-32(45)5)56-52-38-15-19-41(29(2)21-38)53-51-37-16-20-42(30(3)22-37)54-58-46-27-40-33(26-48(46)67(63,64)65)7-6-8-47(40)66(60,61)62;2*1-4(2)3/h6-27,50,59H,1-5H3,(H,60,61,62)(H,63,64,65);;. The Balaban J connectivity index is 0.00000107. The quantitative estimate of drug-likeness (QED) is 0.0653. The van der Waals surface area contributed by atoms with Crippen molar-refractivity contribution in [3.8, 4) is 5.75 Å². The Kier molecular flexibility index (Phi) is 17.7. The SMILES string of the molecule is Cc1ccc(Nc2ccc3c(O)c(N=Nc4cc(C)c(N=Nc5ccc(N=Nc6ccc(N=Nc7cc8c(S(=O)(=O)O)cccc8cc7S(=O)(=O)O)c(C)c6)c(C)c5)cc4C)ccc3c2)cc1.O=S(=O)=O.O=S(=O)=O. The van der Waals surface area contributed by atoms with Gasteiger partial charge in [0.25, 0.3) is 20.2 Å². The highest BCUT2D eigenvalue weighted by molar-refractivity contribution is 7.86. The van der Waals surface area contributed by atoms with E-state index in [2.05, 4.69) is 46.2 Å². The van der Waals surface area contributed by atoms with Gasteiger partial charge in [0.1, 0.15) is 21.2 Å². The predicted octanol–water partition coefficient (Wildman–Crippen LogP) is 13.1. The fourth-order valence-corrected chi connectivity index (χ4v) is 8.45. The Morgan fingerprint density at radius 1 is 0.400 bits per heavy atom. The molecule has 0 bridgehead atoms. The number of anilines is 2. The van der Waals surface area contributed by atoms with Gasteiger partial charge in [0, 0.05) is 22.1 Å². The number of aromatic hydroxyl groups is 1. The monoisotopic (exact) mass is 1090 g/mol. The molecule has 384 valence electrons. The van der Waals surface area contributed by atoms with E-state index < -0.39 is 51.2 Å². The smallest absolute Gasteiger partial charge is 0.425 e. The topological polar surface area (TPSA) is 342 Å². The summed E-state index contributed by atoms with van der Waals surface area (Å²) < 4.78 is 119. The summed E-state index contributed by atoms with van der Waals surface area (Å²) in [5, 5.41) is 50.9. The number of phenols is 1. The Hall–Kier alpha value is -8.66. The third-order valence-corrected chi connectivity index (χ3v) is 12.5. The lowest BCUT2D eigenvalue weighted by molar-refractivity contribution is 0.482. The van der Waals surface area contributed by atoms with Crippen molar-refractivity contribution in [2.24, 2.45) is 40.9 Å². The van der Waals surface area contributed by atoms with E-state index in [-0.39, 0.29) is 22.2 Å². The van der Waals surface area contributed by atoms with Gasteiger partial charge in [-0.1, -0.05) is 35.9 Å². The third kappa shape index (κ3) is 15.2. The van der Waals surface area contributed by atoms with Gasteiger partial charge in [-0.2, -0.15) is 47.5 Å². The number of rotatable bonds is 12. The molecule has 0 saturated carbocycles. The Morgan fingerprint density at radius 2 is 0.840 bits per heavy atom. The molecule has 26 heteroatoms. The van der Waals surface area contributed by atoms with Crippen molar-refractivity contribution < 1.29 is 56.3 Å². The zero-order chi connectivity index (χ0) is 54.8. The Labute approximate surface area is 431 Å². The lowest BCUT2D eigenvalue weighted by Crippen LogP contribution is -2.01. The normalized spacial score (nSPS) is 11.8. The lowest BCUT2D eigenvalue weighted by Gasteiger charge is -2.10. The van der Waals surface area contributed by atoms with Crippen LogP contribution in [0, 0.1) is 34.6 Å². The van der Waals surface area contributed by atoms with Crippen LogP contribution in [0.3, 0.4) is 0 Å². The van der Waals surface area contributed by atoms with Gasteiger partial charge in [-0.3, -0.25) is 9.11 Å². The second-order valence-corrected chi connectivity index (χ2v) is 19.8. The zero-order valence-electron chi connectivity index (χ0n) is 39.8. The minimum atomic E-state index is -4.79. The van der Waals surface area contributed by atoms with Gasteiger partial charge in [0.15, 0.2) is 5.75 Å². The Bertz CT molecular complexity index is 4100. The molecule has 0 radical (unpaired) electrons. The molecular formula is C49H41N9O13S4. The maximum Gasteiger partial charge on any atom is 0.425 e. The second-order valence-electron chi connectivity index (χ2n) is 16.2. The van der Waals surface area contributed by atoms with E-state index in [1.165, 1.54) is 17.7 Å². The number of nitrogens with one attached hydrogen (secondary N) is 1. The van der Waals surface area contributed by atoms with E-state index in [1.54, 1.807) is 43.3 Å². The first-order chi connectivity index (χ1) is 35.4. The number of fused-ring (bicyclic) bond motifs is 2. The van der Waals surface area contributed by atoms with Crippen LogP contribution < -0.4 is 5.32 Å². The summed E-state index contributed by atoms with van der Waals surface area (Å²) in [6, 6.07) is 37.7. The van der Waals surface area contributed by atoms with Crippen LogP contribution in [0.4, 0.5) is 56.9 Å². The zero-order valence-corrected chi connectivity index (χ0v) is 43.1. The largest absolute Gasteiger partial charge is 0.505 e. The molecule has 0 aliphatic rings. The van der Waals surface area contributed by atoms with Gasteiger partial charge in [0.2, 0.25) is 0 Å². The molecule has 75 heavy (non-hydrogen) atoms. The number of hydrogen-bond donors (Lipinski definition) is 4. The average Bonchev–Trinajstić information content (AvgIpc) is 3.33. The lowest BCUT2D eigenvalue weighted by atomic mass is 10.1. The van der Waals surface area contributed by atoms with Crippen molar-refractivity contribution in [3.05, 3.63) is 161 Å². The van der Waals surface area contributed by atoms with E-state index in [1.807, 2.05) is 94.4 Å². The summed E-state index contributed by atoms with van der Waals surface area (Å²) in [7, 11) is -15.7. The highest BCUT2D eigenvalue weighted by Crippen LogP contribution is 2.39. The molecular weight excluding hydrogens is 1050 g/mol. The molecule has 4 N–H and O–H groups in total. The number of benzene rings is 8. The van der Waals surface area contributed by atoms with Crippen LogP contribution in [0.5, 0.6) is 5.75 Å². The minimum absolute atomic E-state index is 0.00961. The van der Waals surface area contributed by atoms with Gasteiger partial charge in [-0.15, -0.1) is 35.5 Å². The summed E-state index contributed by atoms with van der Waals surface area (Å²) in [6.07, 6.45) is 0. The summed E-state index contributed by atoms with van der Waals surface area (Å²) in [6.45, 7) is 9.46. The van der Waals surface area contributed by atoms with Crippen LogP contribution in [-0.2, 0) is 41.5 Å². The van der Waals surface area contributed by atoms with Crippen molar-refractivity contribution in [3.63, 3.8) is 0 Å². The van der Waals surface area contributed by atoms with Crippen LogP contribution >= 0.6 is 0 Å². The maximum atomic E-state index is 12.2. The first-order valence-electron chi connectivity index (χ1n) is 21.5. The van der Waals surface area contributed by atoms with Gasteiger partial charge in [-0.25, -0.2) is 0 Å². The van der Waals surface area contributed by atoms with Crippen LogP contribution in [0.15, 0.2) is 184 Å². The highest BCUT2D eigenvalue weighted by Gasteiger charge is 2.21. The van der Waals surface area contributed by atoms with Crippen molar-refractivity contribution in [2.75, 3.05) is 5.32 Å². The number of nitrogens with zero attached hydrogens (tertiary/aromatic N) is 8. The molecule has 0 fully saturated rings. The number of phenolic OH excluding ortho intramolecular Hbond substituents is 1. The molecule has 8 aromatic carbocycles. The van der Waals surface area contributed by atoms with Gasteiger partial charge in [-0.05, 0) is 171 Å². The molecule has 0 aromatic heterocycles. The van der Waals surface area contributed by atoms with Crippen molar-refractivity contribution >= 4 is 120 Å². The third-order valence-electron chi connectivity index (χ3n) is 10.7. The minimum Gasteiger partial charge on any atom is -0.505 e. The molecule has 0 heterocycles. The molecule has 8 aromatic rings. The number of aryl methyl sites for hydroxylation is 5. The van der Waals surface area contributed by atoms with Gasteiger partial charge >= 0.3 is 21.2 Å². The van der Waals surface area contributed by atoms with Crippen LogP contribution in [0.1, 0.15) is 27.8 Å². The first-order valence-corrected chi connectivity index (χ1v) is 26.4. The van der Waals surface area contributed by atoms with E-state index in [0.717, 1.165) is 51.7 Å². The van der Waals surface area contributed by atoms with Crippen LogP contribution in [0.2, 0.25) is 0 Å². The van der Waals surface area contributed by atoms with Crippen molar-refractivity contribution in [1.82, 2.24) is 0 Å². The highest BCUT2D eigenvalue weighted by atomic mass is 32.2. The molecule has 0 unspecified atom stereocenters. The van der Waals surface area contributed by atoms with Crippen molar-refractivity contribution in [2.45, 2.75) is 44.4 Å². The first kappa shape index (κ1) is 55.7. The molecule has 0 saturated heterocycles. The number of hydrogen-bond acceptors (Lipinski definition) is 20. The summed E-state index contributed by atoms with van der Waals surface area (Å²) >= 11 is 0. The van der Waals surface area contributed by atoms with E-state index >= 15 is 0 Å². The van der Waals surface area contributed by atoms with Crippen molar-refractivity contribution in [1.29, 1.82) is 0 Å². The maximum absolute atomic E-state index is 12.2. The van der Waals surface area contributed by atoms with Crippen LogP contribution in [-0.4, -0.2) is 56.3 Å². The van der Waals surface area contributed by atoms with E-state index in [0.29, 0.717) is 50.8 Å². The summed E-state index contributed by atoms with van der Waals surface area (Å²) in [5.74, 6) is 0.0423. The molecule has 0 spiro atoms. The molecule has 0 amide bonds. The van der Waals surface area contributed by atoms with Gasteiger partial charge < -0.3 is 10.4 Å². The second kappa shape index (κ2) is 23.9. The molecule has 0 aliphatic heterocycles. The molecule has 0 aliphatic carbocycles. The molecule has 22 nitrogen and oxygen atoms in total. The summed E-state index contributed by atoms with van der Waals surface area (Å²) in [4.78, 5) is -1.05. The van der Waals surface area contributed by atoms with E-state index in [4.69, 9.17) is 25.3 Å². The molecule has 0 atom stereocenters. The fourth-order valence-electron chi connectivity index (χ4n) is 7.11. The van der Waals surface area contributed by atoms with E-state index in [9.17, 15) is 31.0 Å². The number of azo groups is 4. The predicted molar refractivity (Wildman–Crippen MR) is 278 cm³/mol. The average molecular weight is 1090 g/mol.